The quantitative estimate of drug-likeness (QED) is 0.772. The first-order valence-corrected chi connectivity index (χ1v) is 9.26. The second-order valence-electron chi connectivity index (χ2n) is 6.35. The van der Waals surface area contributed by atoms with E-state index < -0.39 is 0 Å². The van der Waals surface area contributed by atoms with Crippen LogP contribution in [0.1, 0.15) is 40.1 Å². The van der Waals surface area contributed by atoms with Crippen LogP contribution in [0, 0.1) is 11.3 Å². The van der Waals surface area contributed by atoms with Crippen molar-refractivity contribution in [3.05, 3.63) is 57.6 Å². The normalized spacial score (nSPS) is 13.6. The van der Waals surface area contributed by atoms with Gasteiger partial charge in [-0.15, -0.1) is 11.3 Å². The largest absolute Gasteiger partial charge is 0.396 e. The van der Waals surface area contributed by atoms with E-state index in [4.69, 9.17) is 10.7 Å². The van der Waals surface area contributed by atoms with Gasteiger partial charge in [-0.1, -0.05) is 30.3 Å². The molecule has 0 fully saturated rings. The maximum Gasteiger partial charge on any atom is 0.130 e. The number of rotatable bonds is 3. The Morgan fingerprint density at radius 1 is 1.08 bits per heavy atom. The summed E-state index contributed by atoms with van der Waals surface area (Å²) in [6.45, 7) is 0. The number of pyridine rings is 1. The lowest BCUT2D eigenvalue weighted by Crippen LogP contribution is -2.10. The van der Waals surface area contributed by atoms with Gasteiger partial charge < -0.3 is 5.73 Å². The maximum absolute atomic E-state index is 9.30. The molecule has 0 unspecified atom stereocenters. The van der Waals surface area contributed by atoms with Gasteiger partial charge in [0.15, 0.2) is 0 Å². The molecule has 4 rings (SSSR count). The second-order valence-corrected chi connectivity index (χ2v) is 7.34. The van der Waals surface area contributed by atoms with Crippen LogP contribution in [0.2, 0.25) is 0 Å². The van der Waals surface area contributed by atoms with E-state index in [1.54, 1.807) is 0 Å². The minimum absolute atomic E-state index is 0.602. The van der Waals surface area contributed by atoms with Crippen molar-refractivity contribution in [3.8, 4) is 6.07 Å². The Bertz CT molecular complexity index is 935. The van der Waals surface area contributed by atoms with Crippen LogP contribution < -0.4 is 5.73 Å². The van der Waals surface area contributed by atoms with Crippen LogP contribution >= 0.6 is 11.3 Å². The van der Waals surface area contributed by atoms with Crippen LogP contribution in [0.4, 0.5) is 5.69 Å². The molecule has 4 heteroatoms. The van der Waals surface area contributed by atoms with Crippen LogP contribution in [0.25, 0.3) is 10.2 Å². The van der Waals surface area contributed by atoms with E-state index in [9.17, 15) is 5.26 Å². The molecule has 120 valence electrons. The first-order valence-electron chi connectivity index (χ1n) is 8.44. The third-order valence-electron chi connectivity index (χ3n) is 4.88. The van der Waals surface area contributed by atoms with Gasteiger partial charge in [0.05, 0.1) is 5.69 Å². The van der Waals surface area contributed by atoms with Crippen molar-refractivity contribution in [3.63, 3.8) is 0 Å². The standard InChI is InChI=1S/C20H19N3S/c21-12-17-19(22)18-15-9-5-4-8-14(15)16(23-20(18)24-17)11-10-13-6-2-1-3-7-13/h1-3,6-7H,4-5,8-11,22H2. The Morgan fingerprint density at radius 3 is 2.58 bits per heavy atom. The van der Waals surface area contributed by atoms with Gasteiger partial charge in [0.1, 0.15) is 15.8 Å². The molecule has 0 radical (unpaired) electrons. The van der Waals surface area contributed by atoms with E-state index in [0.29, 0.717) is 10.6 Å². The smallest absolute Gasteiger partial charge is 0.130 e. The number of thiophene rings is 1. The Balaban J connectivity index is 1.79. The molecule has 2 heterocycles. The Kier molecular flexibility index (Phi) is 3.95. The summed E-state index contributed by atoms with van der Waals surface area (Å²) < 4.78 is 0. The van der Waals surface area contributed by atoms with Crippen LogP contribution in [0.5, 0.6) is 0 Å². The highest BCUT2D eigenvalue weighted by molar-refractivity contribution is 7.19. The summed E-state index contributed by atoms with van der Waals surface area (Å²) in [7, 11) is 0. The number of benzene rings is 1. The molecule has 0 bridgehead atoms. The molecule has 3 nitrogen and oxygen atoms in total. The Hall–Kier alpha value is -2.38. The van der Waals surface area contributed by atoms with Crippen molar-refractivity contribution >= 4 is 27.2 Å². The molecule has 24 heavy (non-hydrogen) atoms. The van der Waals surface area contributed by atoms with Crippen molar-refractivity contribution in [1.29, 1.82) is 5.26 Å². The Morgan fingerprint density at radius 2 is 1.83 bits per heavy atom. The van der Waals surface area contributed by atoms with Gasteiger partial charge in [-0.25, -0.2) is 4.98 Å². The number of hydrogen-bond acceptors (Lipinski definition) is 4. The maximum atomic E-state index is 9.30. The fourth-order valence-corrected chi connectivity index (χ4v) is 4.63. The van der Waals surface area contributed by atoms with E-state index in [0.717, 1.165) is 35.9 Å². The lowest BCUT2D eigenvalue weighted by molar-refractivity contribution is 0.676. The molecule has 2 aromatic heterocycles. The first-order chi connectivity index (χ1) is 11.8. The predicted molar refractivity (Wildman–Crippen MR) is 99.2 cm³/mol. The molecule has 1 aliphatic rings. The number of fused-ring (bicyclic) bond motifs is 3. The summed E-state index contributed by atoms with van der Waals surface area (Å²) in [5.74, 6) is 0. The van der Waals surface area contributed by atoms with Gasteiger partial charge in [-0.2, -0.15) is 5.26 Å². The number of anilines is 1. The summed E-state index contributed by atoms with van der Waals surface area (Å²) in [5, 5.41) is 10.3. The first kappa shape index (κ1) is 15.2. The molecule has 1 aliphatic carbocycles. The average Bonchev–Trinajstić information content (AvgIpc) is 2.96. The zero-order chi connectivity index (χ0) is 16.5. The second kappa shape index (κ2) is 6.26. The van der Waals surface area contributed by atoms with Crippen molar-refractivity contribution in [2.45, 2.75) is 38.5 Å². The van der Waals surface area contributed by atoms with Crippen LogP contribution in [0.3, 0.4) is 0 Å². The molecule has 0 aliphatic heterocycles. The molecular formula is C20H19N3S. The van der Waals surface area contributed by atoms with E-state index in [1.165, 1.54) is 46.6 Å². The molecule has 3 aromatic rings. The van der Waals surface area contributed by atoms with Gasteiger partial charge in [0.2, 0.25) is 0 Å². The minimum Gasteiger partial charge on any atom is -0.396 e. The highest BCUT2D eigenvalue weighted by Gasteiger charge is 2.22. The molecule has 0 saturated carbocycles. The third-order valence-corrected chi connectivity index (χ3v) is 5.88. The highest BCUT2D eigenvalue weighted by Crippen LogP contribution is 2.39. The number of aryl methyl sites for hydroxylation is 3. The summed E-state index contributed by atoms with van der Waals surface area (Å²) in [6.07, 6.45) is 6.49. The zero-order valence-corrected chi connectivity index (χ0v) is 14.3. The molecule has 2 N–H and O–H groups in total. The fraction of sp³-hybridized carbons (Fsp3) is 0.300. The molecular weight excluding hydrogens is 314 g/mol. The number of nitriles is 1. The van der Waals surface area contributed by atoms with E-state index in [2.05, 4.69) is 30.3 Å². The van der Waals surface area contributed by atoms with Crippen LogP contribution in [-0.4, -0.2) is 4.98 Å². The molecule has 0 amide bonds. The van der Waals surface area contributed by atoms with Crippen LogP contribution in [-0.2, 0) is 25.7 Å². The van der Waals surface area contributed by atoms with Crippen molar-refractivity contribution in [2.24, 2.45) is 0 Å². The SMILES string of the molecule is N#Cc1sc2nc(CCc3ccccc3)c3c(c2c1N)CCCC3. The zero-order valence-electron chi connectivity index (χ0n) is 13.5. The summed E-state index contributed by atoms with van der Waals surface area (Å²) in [4.78, 5) is 6.46. The summed E-state index contributed by atoms with van der Waals surface area (Å²) in [5.41, 5.74) is 12.2. The predicted octanol–water partition coefficient (Wildman–Crippen LogP) is 4.41. The van der Waals surface area contributed by atoms with Crippen LogP contribution in [0.15, 0.2) is 30.3 Å². The van der Waals surface area contributed by atoms with E-state index in [1.807, 2.05) is 6.07 Å². The number of nitrogen functional groups attached to an aromatic ring is 1. The molecule has 0 spiro atoms. The molecule has 0 saturated heterocycles. The highest BCUT2D eigenvalue weighted by atomic mass is 32.1. The summed E-state index contributed by atoms with van der Waals surface area (Å²) in [6, 6.07) is 12.8. The molecule has 0 atom stereocenters. The monoisotopic (exact) mass is 333 g/mol. The van der Waals surface area contributed by atoms with Gasteiger partial charge in [0.25, 0.3) is 0 Å². The number of nitrogens with zero attached hydrogens (tertiary/aromatic N) is 2. The lowest BCUT2D eigenvalue weighted by atomic mass is 9.87. The van der Waals surface area contributed by atoms with Gasteiger partial charge in [-0.3, -0.25) is 0 Å². The Labute approximate surface area is 145 Å². The minimum atomic E-state index is 0.602. The number of nitrogens with two attached hydrogens (primary N) is 1. The van der Waals surface area contributed by atoms with Crippen molar-refractivity contribution in [2.75, 3.05) is 5.73 Å². The summed E-state index contributed by atoms with van der Waals surface area (Å²) >= 11 is 1.44. The van der Waals surface area contributed by atoms with Crippen molar-refractivity contribution in [1.82, 2.24) is 4.98 Å². The third kappa shape index (κ3) is 2.55. The van der Waals surface area contributed by atoms with E-state index in [-0.39, 0.29) is 0 Å². The lowest BCUT2D eigenvalue weighted by Gasteiger charge is -2.20. The van der Waals surface area contributed by atoms with Gasteiger partial charge in [0, 0.05) is 11.1 Å². The van der Waals surface area contributed by atoms with Crippen molar-refractivity contribution < 1.29 is 0 Å². The number of hydrogen-bond donors (Lipinski definition) is 1. The molecule has 1 aromatic carbocycles. The van der Waals surface area contributed by atoms with Gasteiger partial charge in [-0.05, 0) is 55.2 Å². The number of aromatic nitrogens is 1. The average molecular weight is 333 g/mol. The van der Waals surface area contributed by atoms with E-state index >= 15 is 0 Å². The van der Waals surface area contributed by atoms with Gasteiger partial charge >= 0.3 is 0 Å². The fourth-order valence-electron chi connectivity index (χ4n) is 3.69. The topological polar surface area (TPSA) is 62.7 Å².